The van der Waals surface area contributed by atoms with Crippen molar-refractivity contribution in [1.82, 2.24) is 14.9 Å². The molecule has 2 heterocycles. The molecule has 0 radical (unpaired) electrons. The van der Waals surface area contributed by atoms with Gasteiger partial charge >= 0.3 is 12.1 Å². The molecule has 0 amide bonds. The molecule has 4 rings (SSSR count). The van der Waals surface area contributed by atoms with Crippen LogP contribution in [0, 0.1) is 11.7 Å². The summed E-state index contributed by atoms with van der Waals surface area (Å²) >= 11 is 3.09. The van der Waals surface area contributed by atoms with Crippen LogP contribution < -0.4 is 14.8 Å². The number of fused-ring (bicyclic) bond motifs is 1. The van der Waals surface area contributed by atoms with Gasteiger partial charge in [0.15, 0.2) is 17.4 Å². The van der Waals surface area contributed by atoms with Crippen molar-refractivity contribution in [2.24, 2.45) is 5.92 Å². The Balaban J connectivity index is 1.86. The molecular formula is C22H24BrFN4O15. The summed E-state index contributed by atoms with van der Waals surface area (Å²) in [4.78, 5) is 7.24. The Labute approximate surface area is 245 Å². The molecule has 19 nitrogen and oxygen atoms in total. The number of halogens is 2. The predicted octanol–water partition coefficient (Wildman–Crippen LogP) is -4.54. The SMILES string of the molecule is CN1C(O)(O)C(O)(O)C(C(O)(O)Oc2cc3ncnc(Nc4ccc(Br)cc4F)c3cc2OC(O)(O)O)C(O)(O)C1(O)O. The Bertz CT molecular complexity index is 1520. The summed E-state index contributed by atoms with van der Waals surface area (Å²) in [5.41, 5.74) is -0.358. The zero-order valence-corrected chi connectivity index (χ0v) is 22.9. The largest absolute Gasteiger partial charge is 0.453 e. The molecule has 236 valence electrons. The van der Waals surface area contributed by atoms with E-state index < -0.39 is 63.7 Å². The molecule has 0 spiro atoms. The maximum atomic E-state index is 14.4. The molecule has 0 unspecified atom stereocenters. The molecule has 1 aliphatic rings. The minimum absolute atomic E-state index is 0.115. The Hall–Kier alpha value is -2.97. The van der Waals surface area contributed by atoms with Gasteiger partial charge in [0, 0.05) is 15.9 Å². The molecule has 1 saturated heterocycles. The van der Waals surface area contributed by atoms with Crippen molar-refractivity contribution in [3.63, 3.8) is 0 Å². The van der Waals surface area contributed by atoms with E-state index in [4.69, 9.17) is 4.74 Å². The number of piperidine rings is 1. The molecule has 1 fully saturated rings. The second kappa shape index (κ2) is 10.3. The number of hydrogen-bond acceptors (Lipinski definition) is 19. The average Bonchev–Trinajstić information content (AvgIpc) is 2.83. The van der Waals surface area contributed by atoms with E-state index in [1.807, 2.05) is 0 Å². The number of aliphatic hydroxyl groups is 13. The fourth-order valence-corrected chi connectivity index (χ4v) is 4.65. The third-order valence-electron chi connectivity index (χ3n) is 6.50. The highest BCUT2D eigenvalue weighted by atomic mass is 79.9. The van der Waals surface area contributed by atoms with Crippen LogP contribution in [0.3, 0.4) is 0 Å². The second-order valence-corrected chi connectivity index (χ2v) is 10.4. The molecule has 43 heavy (non-hydrogen) atoms. The standard InChI is InChI=1S/C22H24BrFN4O15/c1-28-20(35,36)17(29,30)16(18(31,32)21(28,37)38)19(33,34)42-14-6-12-9(5-13(14)43-22(39,40)41)15(26-7-25-12)27-11-3-2-8(23)4-10(11)24/h2-7,16,29-41H,1H3,(H,25,26,27). The third kappa shape index (κ3) is 5.57. The molecule has 0 saturated carbocycles. The molecule has 14 N–H and O–H groups in total. The monoisotopic (exact) mass is 682 g/mol. The zero-order chi connectivity index (χ0) is 32.6. The molecule has 2 aromatic carbocycles. The Kier molecular flexibility index (Phi) is 7.89. The van der Waals surface area contributed by atoms with Crippen molar-refractivity contribution in [2.45, 2.75) is 35.5 Å². The first-order valence-corrected chi connectivity index (χ1v) is 12.3. The lowest BCUT2D eigenvalue weighted by Crippen LogP contribution is -2.88. The van der Waals surface area contributed by atoms with Gasteiger partial charge in [0.05, 0.1) is 11.2 Å². The van der Waals surface area contributed by atoms with Crippen molar-refractivity contribution in [2.75, 3.05) is 12.4 Å². The number of aromatic nitrogens is 2. The van der Waals surface area contributed by atoms with Crippen molar-refractivity contribution in [1.29, 1.82) is 0 Å². The first-order valence-electron chi connectivity index (χ1n) is 11.5. The van der Waals surface area contributed by atoms with E-state index in [2.05, 4.69) is 36.0 Å². The van der Waals surface area contributed by atoms with Gasteiger partial charge in [0.25, 0.3) is 23.4 Å². The predicted molar refractivity (Wildman–Crippen MR) is 135 cm³/mol. The van der Waals surface area contributed by atoms with Crippen LogP contribution in [0.25, 0.3) is 10.9 Å². The maximum Gasteiger partial charge on any atom is 0.453 e. The van der Waals surface area contributed by atoms with Gasteiger partial charge in [-0.2, -0.15) is 4.90 Å². The molecule has 0 bridgehead atoms. The number of rotatable bonds is 7. The number of ether oxygens (including phenoxy) is 2. The van der Waals surface area contributed by atoms with Gasteiger partial charge in [0.2, 0.25) is 0 Å². The Morgan fingerprint density at radius 1 is 0.860 bits per heavy atom. The van der Waals surface area contributed by atoms with Crippen LogP contribution in [-0.4, -0.2) is 124 Å². The fraction of sp³-hybridized carbons (Fsp3) is 0.364. The summed E-state index contributed by atoms with van der Waals surface area (Å²) in [5, 5.41) is 134. The van der Waals surface area contributed by atoms with Crippen molar-refractivity contribution in [3.05, 3.63) is 46.9 Å². The van der Waals surface area contributed by atoms with Crippen LogP contribution in [-0.2, 0) is 0 Å². The zero-order valence-electron chi connectivity index (χ0n) is 21.3. The highest BCUT2D eigenvalue weighted by molar-refractivity contribution is 9.10. The maximum absolute atomic E-state index is 14.4. The lowest BCUT2D eigenvalue weighted by Gasteiger charge is -2.60. The van der Waals surface area contributed by atoms with E-state index >= 15 is 0 Å². The summed E-state index contributed by atoms with van der Waals surface area (Å²) in [6, 6.07) is 5.35. The van der Waals surface area contributed by atoms with E-state index in [1.165, 1.54) is 12.1 Å². The molecule has 1 aliphatic heterocycles. The first-order chi connectivity index (χ1) is 19.4. The second-order valence-electron chi connectivity index (χ2n) is 9.44. The lowest BCUT2D eigenvalue weighted by molar-refractivity contribution is -0.593. The van der Waals surface area contributed by atoms with Gasteiger partial charge < -0.3 is 81.2 Å². The van der Waals surface area contributed by atoms with Crippen LogP contribution in [0.15, 0.2) is 41.1 Å². The number of nitrogens with zero attached hydrogens (tertiary/aromatic N) is 3. The van der Waals surface area contributed by atoms with E-state index in [-0.39, 0.29) is 22.4 Å². The smallest absolute Gasteiger partial charge is 0.435 e. The number of anilines is 2. The molecule has 0 atom stereocenters. The molecule has 0 aliphatic carbocycles. The van der Waals surface area contributed by atoms with Crippen LogP contribution in [0.2, 0.25) is 0 Å². The van der Waals surface area contributed by atoms with Crippen molar-refractivity contribution >= 4 is 38.3 Å². The van der Waals surface area contributed by atoms with E-state index in [0.717, 1.165) is 18.5 Å². The van der Waals surface area contributed by atoms with Crippen LogP contribution in [0.5, 0.6) is 11.5 Å². The normalized spacial score (nSPS) is 20.2. The highest BCUT2D eigenvalue weighted by Gasteiger charge is 2.81. The highest BCUT2D eigenvalue weighted by Crippen LogP contribution is 2.51. The quantitative estimate of drug-likeness (QED) is 0.104. The van der Waals surface area contributed by atoms with Gasteiger partial charge in [-0.15, -0.1) is 0 Å². The number of likely N-dealkylation sites (tertiary alicyclic amines) is 1. The summed E-state index contributed by atoms with van der Waals surface area (Å²) in [6.45, 7) is 0. The molecule has 21 heteroatoms. The summed E-state index contributed by atoms with van der Waals surface area (Å²) < 4.78 is 24.2. The third-order valence-corrected chi connectivity index (χ3v) is 6.99. The number of hydrogen-bond donors (Lipinski definition) is 14. The van der Waals surface area contributed by atoms with E-state index in [9.17, 15) is 70.8 Å². The number of nitrogens with one attached hydrogen (secondary N) is 1. The fourth-order valence-electron chi connectivity index (χ4n) is 4.31. The Morgan fingerprint density at radius 3 is 1.95 bits per heavy atom. The summed E-state index contributed by atoms with van der Waals surface area (Å²) in [7, 11) is 0.361. The van der Waals surface area contributed by atoms with Gasteiger partial charge in [-0.3, -0.25) is 0 Å². The minimum atomic E-state index is -4.48. The first kappa shape index (κ1) is 32.9. The van der Waals surface area contributed by atoms with Crippen molar-refractivity contribution in [3.8, 4) is 11.5 Å². The number of benzene rings is 2. The Morgan fingerprint density at radius 2 is 1.42 bits per heavy atom. The molecule has 3 aromatic rings. The molecule has 1 aromatic heterocycles. The van der Waals surface area contributed by atoms with Gasteiger partial charge in [-0.05, 0) is 31.3 Å². The minimum Gasteiger partial charge on any atom is -0.435 e. The van der Waals surface area contributed by atoms with Crippen LogP contribution in [0.4, 0.5) is 15.9 Å². The topological polar surface area (TPSA) is 322 Å². The van der Waals surface area contributed by atoms with Crippen LogP contribution in [0.1, 0.15) is 0 Å². The van der Waals surface area contributed by atoms with Crippen LogP contribution >= 0.6 is 15.9 Å². The van der Waals surface area contributed by atoms with Gasteiger partial charge in [-0.1, -0.05) is 15.9 Å². The summed E-state index contributed by atoms with van der Waals surface area (Å²) in [6.07, 6.45) is -3.10. The number of likely N-dealkylation sites (N-methyl/N-ethyl adjacent to an activating group) is 1. The lowest BCUT2D eigenvalue weighted by atomic mass is 9.77. The van der Waals surface area contributed by atoms with Gasteiger partial charge in [-0.25, -0.2) is 14.4 Å². The van der Waals surface area contributed by atoms with E-state index in [1.54, 1.807) is 0 Å². The average molecular weight is 683 g/mol. The van der Waals surface area contributed by atoms with Gasteiger partial charge in [0.1, 0.15) is 18.0 Å². The summed E-state index contributed by atoms with van der Waals surface area (Å²) in [5.74, 6) is -28.8. The molecular weight excluding hydrogens is 659 g/mol. The van der Waals surface area contributed by atoms with Crippen molar-refractivity contribution < 1.29 is 80.2 Å². The van der Waals surface area contributed by atoms with E-state index in [0.29, 0.717) is 17.6 Å².